The molecule has 4 rings (SSSR count). The van der Waals surface area contributed by atoms with Gasteiger partial charge in [-0.15, -0.1) is 0 Å². The lowest BCUT2D eigenvalue weighted by Gasteiger charge is -2.15. The number of nitrogens with zero attached hydrogens (tertiary/aromatic N) is 3. The topological polar surface area (TPSA) is 55.3 Å². The Hall–Kier alpha value is -3.47. The monoisotopic (exact) mass is 371 g/mol. The van der Waals surface area contributed by atoms with Crippen LogP contribution in [0.1, 0.15) is 34.5 Å². The molecular weight excluding hydrogens is 350 g/mol. The van der Waals surface area contributed by atoms with Crippen LogP contribution in [-0.2, 0) is 0 Å². The van der Waals surface area contributed by atoms with E-state index in [9.17, 15) is 4.79 Å². The van der Waals surface area contributed by atoms with Crippen LogP contribution in [0, 0.1) is 0 Å². The Morgan fingerprint density at radius 2 is 1.54 bits per heavy atom. The lowest BCUT2D eigenvalue weighted by Crippen LogP contribution is -2.28. The molecule has 1 aliphatic heterocycles. The standard InChI is InChI=1S/C23H21N3O2/c27-23(26-15-1-2-16-26)22-17-21(11-14-25-22)28-20-7-5-18(6-8-20)3-4-19-9-12-24-13-10-19/h3-14,17H,1-2,15-16H2/b4-3+. The average molecular weight is 371 g/mol. The van der Waals surface area contributed by atoms with Crippen LogP contribution < -0.4 is 4.74 Å². The summed E-state index contributed by atoms with van der Waals surface area (Å²) >= 11 is 0. The highest BCUT2D eigenvalue weighted by Gasteiger charge is 2.20. The minimum atomic E-state index is -0.0282. The van der Waals surface area contributed by atoms with Crippen LogP contribution in [0.15, 0.2) is 67.1 Å². The van der Waals surface area contributed by atoms with Crippen LogP contribution in [0.2, 0.25) is 0 Å². The number of ether oxygens (including phenoxy) is 1. The van der Waals surface area contributed by atoms with E-state index in [1.165, 1.54) is 0 Å². The van der Waals surface area contributed by atoms with E-state index in [-0.39, 0.29) is 5.91 Å². The van der Waals surface area contributed by atoms with Gasteiger partial charge < -0.3 is 9.64 Å². The van der Waals surface area contributed by atoms with Crippen LogP contribution in [0.25, 0.3) is 12.2 Å². The van der Waals surface area contributed by atoms with Crippen molar-refractivity contribution in [1.29, 1.82) is 0 Å². The highest BCUT2D eigenvalue weighted by atomic mass is 16.5. The molecule has 0 unspecified atom stereocenters. The molecule has 140 valence electrons. The number of amides is 1. The van der Waals surface area contributed by atoms with Crippen molar-refractivity contribution in [2.24, 2.45) is 0 Å². The molecular formula is C23H21N3O2. The third-order valence-corrected chi connectivity index (χ3v) is 4.63. The second kappa shape index (κ2) is 8.48. The maximum absolute atomic E-state index is 12.5. The van der Waals surface area contributed by atoms with Crippen molar-refractivity contribution in [2.75, 3.05) is 13.1 Å². The van der Waals surface area contributed by atoms with Gasteiger partial charge in [0.1, 0.15) is 17.2 Å². The van der Waals surface area contributed by atoms with Gasteiger partial charge >= 0.3 is 0 Å². The lowest BCUT2D eigenvalue weighted by molar-refractivity contribution is 0.0786. The van der Waals surface area contributed by atoms with E-state index < -0.39 is 0 Å². The van der Waals surface area contributed by atoms with Gasteiger partial charge in [-0.1, -0.05) is 24.3 Å². The van der Waals surface area contributed by atoms with Crippen LogP contribution in [0.5, 0.6) is 11.5 Å². The van der Waals surface area contributed by atoms with Gasteiger partial charge in [-0.3, -0.25) is 14.8 Å². The molecule has 5 heteroatoms. The van der Waals surface area contributed by atoms with Crippen molar-refractivity contribution in [3.63, 3.8) is 0 Å². The van der Waals surface area contributed by atoms with Crippen molar-refractivity contribution in [1.82, 2.24) is 14.9 Å². The molecule has 28 heavy (non-hydrogen) atoms. The summed E-state index contributed by atoms with van der Waals surface area (Å²) < 4.78 is 5.91. The van der Waals surface area contributed by atoms with Crippen molar-refractivity contribution >= 4 is 18.1 Å². The first-order chi connectivity index (χ1) is 13.8. The number of benzene rings is 1. The number of carbonyl (C=O) groups is 1. The highest BCUT2D eigenvalue weighted by molar-refractivity contribution is 5.92. The summed E-state index contributed by atoms with van der Waals surface area (Å²) in [5.41, 5.74) is 2.60. The van der Waals surface area contributed by atoms with Gasteiger partial charge in [0.25, 0.3) is 5.91 Å². The van der Waals surface area contributed by atoms with Crippen molar-refractivity contribution < 1.29 is 9.53 Å². The summed E-state index contributed by atoms with van der Waals surface area (Å²) in [7, 11) is 0. The van der Waals surface area contributed by atoms with Gasteiger partial charge in [0.2, 0.25) is 0 Å². The second-order valence-corrected chi connectivity index (χ2v) is 6.66. The molecule has 3 aromatic rings. The quantitative estimate of drug-likeness (QED) is 0.654. The first kappa shape index (κ1) is 17.9. The van der Waals surface area contributed by atoms with Crippen LogP contribution in [-0.4, -0.2) is 33.9 Å². The van der Waals surface area contributed by atoms with E-state index in [4.69, 9.17) is 4.74 Å². The number of hydrogen-bond donors (Lipinski definition) is 0. The van der Waals surface area contributed by atoms with Crippen molar-refractivity contribution in [3.05, 3.63) is 83.9 Å². The fraction of sp³-hybridized carbons (Fsp3) is 0.174. The Morgan fingerprint density at radius 1 is 0.857 bits per heavy atom. The van der Waals surface area contributed by atoms with E-state index in [1.54, 1.807) is 30.7 Å². The molecule has 1 fully saturated rings. The number of likely N-dealkylation sites (tertiary alicyclic amines) is 1. The van der Waals surface area contributed by atoms with Gasteiger partial charge in [0.15, 0.2) is 0 Å². The minimum absolute atomic E-state index is 0.0282. The van der Waals surface area contributed by atoms with Gasteiger partial charge in [-0.05, 0) is 54.3 Å². The van der Waals surface area contributed by atoms with Gasteiger partial charge in [-0.25, -0.2) is 0 Å². The number of aromatic nitrogens is 2. The zero-order chi connectivity index (χ0) is 19.2. The van der Waals surface area contributed by atoms with E-state index >= 15 is 0 Å². The van der Waals surface area contributed by atoms with Gasteiger partial charge in [-0.2, -0.15) is 0 Å². The summed E-state index contributed by atoms with van der Waals surface area (Å²) in [4.78, 5) is 22.5. The molecule has 0 atom stereocenters. The smallest absolute Gasteiger partial charge is 0.272 e. The third-order valence-electron chi connectivity index (χ3n) is 4.63. The molecule has 0 saturated carbocycles. The molecule has 0 aliphatic carbocycles. The molecule has 3 heterocycles. The first-order valence-electron chi connectivity index (χ1n) is 9.39. The summed E-state index contributed by atoms with van der Waals surface area (Å²) in [6.07, 6.45) is 11.4. The predicted molar refractivity (Wildman–Crippen MR) is 109 cm³/mol. The fourth-order valence-electron chi connectivity index (χ4n) is 3.12. The Morgan fingerprint density at radius 3 is 2.25 bits per heavy atom. The van der Waals surface area contributed by atoms with Crippen molar-refractivity contribution in [3.8, 4) is 11.5 Å². The SMILES string of the molecule is O=C(c1cc(Oc2ccc(/C=C/c3ccncc3)cc2)ccn1)N1CCCC1. The molecule has 1 aliphatic rings. The summed E-state index contributed by atoms with van der Waals surface area (Å²) in [6, 6.07) is 15.2. The first-order valence-corrected chi connectivity index (χ1v) is 9.39. The molecule has 5 nitrogen and oxygen atoms in total. The van der Waals surface area contributed by atoms with E-state index in [0.29, 0.717) is 17.2 Å². The van der Waals surface area contributed by atoms with E-state index in [0.717, 1.165) is 37.1 Å². The second-order valence-electron chi connectivity index (χ2n) is 6.66. The Kier molecular flexibility index (Phi) is 5.43. The normalized spacial score (nSPS) is 13.8. The largest absolute Gasteiger partial charge is 0.457 e. The molecule has 0 bridgehead atoms. The minimum Gasteiger partial charge on any atom is -0.457 e. The molecule has 1 saturated heterocycles. The zero-order valence-electron chi connectivity index (χ0n) is 15.5. The van der Waals surface area contributed by atoms with Crippen LogP contribution in [0.4, 0.5) is 0 Å². The number of rotatable bonds is 5. The number of carbonyl (C=O) groups excluding carboxylic acids is 1. The molecule has 1 aromatic carbocycles. The summed E-state index contributed by atoms with van der Waals surface area (Å²) in [6.45, 7) is 1.61. The summed E-state index contributed by atoms with van der Waals surface area (Å²) in [5.74, 6) is 1.30. The van der Waals surface area contributed by atoms with E-state index in [2.05, 4.69) is 9.97 Å². The van der Waals surface area contributed by atoms with Crippen LogP contribution >= 0.6 is 0 Å². The van der Waals surface area contributed by atoms with Crippen LogP contribution in [0.3, 0.4) is 0 Å². The Labute approximate surface area is 164 Å². The molecule has 0 radical (unpaired) electrons. The Bertz CT molecular complexity index is 963. The van der Waals surface area contributed by atoms with Gasteiger partial charge in [0, 0.05) is 37.7 Å². The fourth-order valence-corrected chi connectivity index (χ4v) is 3.12. The highest BCUT2D eigenvalue weighted by Crippen LogP contribution is 2.23. The number of pyridine rings is 2. The molecule has 1 amide bonds. The average Bonchev–Trinajstić information content (AvgIpc) is 3.29. The lowest BCUT2D eigenvalue weighted by atomic mass is 10.1. The maximum atomic E-state index is 12.5. The maximum Gasteiger partial charge on any atom is 0.272 e. The third kappa shape index (κ3) is 4.43. The van der Waals surface area contributed by atoms with Crippen molar-refractivity contribution in [2.45, 2.75) is 12.8 Å². The molecule has 0 N–H and O–H groups in total. The molecule has 0 spiro atoms. The number of hydrogen-bond acceptors (Lipinski definition) is 4. The van der Waals surface area contributed by atoms with Gasteiger partial charge in [0.05, 0.1) is 0 Å². The Balaban J connectivity index is 1.42. The van der Waals surface area contributed by atoms with E-state index in [1.807, 2.05) is 53.5 Å². The summed E-state index contributed by atoms with van der Waals surface area (Å²) in [5, 5.41) is 0. The predicted octanol–water partition coefficient (Wildman–Crippen LogP) is 4.68. The zero-order valence-corrected chi connectivity index (χ0v) is 15.5. The molecule has 2 aromatic heterocycles.